The molecule has 0 aliphatic carbocycles. The minimum Gasteiger partial charge on any atom is -0.465 e. The highest BCUT2D eigenvalue weighted by Gasteiger charge is 2.32. The second-order valence-electron chi connectivity index (χ2n) is 6.62. The molecule has 0 spiro atoms. The van der Waals surface area contributed by atoms with Gasteiger partial charge in [0.2, 0.25) is 0 Å². The molecule has 1 aliphatic heterocycles. The molecule has 0 bridgehead atoms. The lowest BCUT2D eigenvalue weighted by atomic mass is 10.0. The summed E-state index contributed by atoms with van der Waals surface area (Å²) in [7, 11) is 0. The second kappa shape index (κ2) is 7.15. The fourth-order valence-electron chi connectivity index (χ4n) is 3.48. The number of benzene rings is 1. The summed E-state index contributed by atoms with van der Waals surface area (Å²) >= 11 is 2.02. The molecule has 2 atom stereocenters. The lowest BCUT2D eigenvalue weighted by Crippen LogP contribution is -2.49. The minimum atomic E-state index is -1.42. The predicted molar refractivity (Wildman–Crippen MR) is 109 cm³/mol. The third-order valence-electron chi connectivity index (χ3n) is 4.88. The molecule has 1 aromatic carbocycles. The maximum absolute atomic E-state index is 14.6. The molecular formula is C18H15F2IN4O3. The quantitative estimate of drug-likeness (QED) is 0.371. The zero-order valence-corrected chi connectivity index (χ0v) is 16.5. The highest BCUT2D eigenvalue weighted by Crippen LogP contribution is 2.31. The largest absolute Gasteiger partial charge is 0.465 e. The third kappa shape index (κ3) is 3.25. The van der Waals surface area contributed by atoms with Crippen molar-refractivity contribution in [3.63, 3.8) is 0 Å². The average molecular weight is 500 g/mol. The number of pyridine rings is 2. The van der Waals surface area contributed by atoms with Gasteiger partial charge in [-0.05, 0) is 47.2 Å². The van der Waals surface area contributed by atoms with E-state index in [9.17, 15) is 18.4 Å². The van der Waals surface area contributed by atoms with Crippen molar-refractivity contribution in [2.45, 2.75) is 18.6 Å². The van der Waals surface area contributed by atoms with E-state index in [1.165, 1.54) is 24.4 Å². The molecule has 2 aromatic heterocycles. The Morgan fingerprint density at radius 2 is 2.18 bits per heavy atom. The molecule has 1 fully saturated rings. The summed E-state index contributed by atoms with van der Waals surface area (Å²) in [4.78, 5) is 31.6. The van der Waals surface area contributed by atoms with E-state index in [2.05, 4.69) is 15.3 Å². The molecule has 3 aromatic rings. The SMILES string of the molecule is O=C(O)N1CC[C@H](Nc2nc3c(I)c[nH]c(=O)c3c3cc(F)ccc23)[C@@H](F)C1. The van der Waals surface area contributed by atoms with E-state index in [1.807, 2.05) is 22.6 Å². The normalized spacial score (nSPS) is 19.9. The molecule has 3 N–H and O–H groups in total. The van der Waals surface area contributed by atoms with Crippen LogP contribution in [0.2, 0.25) is 0 Å². The summed E-state index contributed by atoms with van der Waals surface area (Å²) < 4.78 is 29.1. The number of nitrogens with zero attached hydrogens (tertiary/aromatic N) is 2. The summed E-state index contributed by atoms with van der Waals surface area (Å²) in [6.45, 7) is -0.0326. The van der Waals surface area contributed by atoms with Crippen LogP contribution in [0, 0.1) is 9.39 Å². The van der Waals surface area contributed by atoms with Gasteiger partial charge in [0.25, 0.3) is 5.56 Å². The van der Waals surface area contributed by atoms with E-state index < -0.39 is 24.1 Å². The van der Waals surface area contributed by atoms with Crippen molar-refractivity contribution in [1.29, 1.82) is 0 Å². The molecule has 146 valence electrons. The van der Waals surface area contributed by atoms with Crippen LogP contribution in [0.1, 0.15) is 6.42 Å². The van der Waals surface area contributed by atoms with E-state index >= 15 is 0 Å². The lowest BCUT2D eigenvalue weighted by Gasteiger charge is -2.33. The van der Waals surface area contributed by atoms with Crippen molar-refractivity contribution in [2.75, 3.05) is 18.4 Å². The van der Waals surface area contributed by atoms with Crippen molar-refractivity contribution in [2.24, 2.45) is 0 Å². The number of alkyl halides is 1. The van der Waals surface area contributed by atoms with Crippen molar-refractivity contribution in [3.8, 4) is 0 Å². The number of nitrogens with one attached hydrogen (secondary N) is 2. The van der Waals surface area contributed by atoms with Crippen molar-refractivity contribution in [3.05, 3.63) is 44.1 Å². The summed E-state index contributed by atoms with van der Waals surface area (Å²) in [5.74, 6) is -0.162. The molecule has 7 nitrogen and oxygen atoms in total. The van der Waals surface area contributed by atoms with Gasteiger partial charge < -0.3 is 20.3 Å². The van der Waals surface area contributed by atoms with Crippen molar-refractivity contribution in [1.82, 2.24) is 14.9 Å². The Labute approximate surface area is 170 Å². The van der Waals surface area contributed by atoms with E-state index in [1.54, 1.807) is 0 Å². The van der Waals surface area contributed by atoms with Gasteiger partial charge >= 0.3 is 6.09 Å². The molecule has 0 saturated carbocycles. The number of H-pyrrole nitrogens is 1. The van der Waals surface area contributed by atoms with Gasteiger partial charge in [-0.25, -0.2) is 18.6 Å². The molecule has 0 unspecified atom stereocenters. The van der Waals surface area contributed by atoms with Crippen LogP contribution in [-0.4, -0.2) is 51.4 Å². The van der Waals surface area contributed by atoms with Gasteiger partial charge in [0.05, 0.1) is 27.1 Å². The topological polar surface area (TPSA) is 98.3 Å². The van der Waals surface area contributed by atoms with Gasteiger partial charge in [-0.15, -0.1) is 0 Å². The van der Waals surface area contributed by atoms with Crippen LogP contribution in [0.4, 0.5) is 19.4 Å². The highest BCUT2D eigenvalue weighted by molar-refractivity contribution is 14.1. The zero-order chi connectivity index (χ0) is 20.0. The molecule has 1 saturated heterocycles. The first kappa shape index (κ1) is 18.8. The Kier molecular flexibility index (Phi) is 4.81. The van der Waals surface area contributed by atoms with E-state index in [-0.39, 0.29) is 30.5 Å². The summed E-state index contributed by atoms with van der Waals surface area (Å²) in [5.41, 5.74) is 0.00605. The maximum Gasteiger partial charge on any atom is 0.407 e. The van der Waals surface area contributed by atoms with E-state index in [4.69, 9.17) is 5.11 Å². The third-order valence-corrected chi connectivity index (χ3v) is 5.71. The molecule has 1 aliphatic rings. The van der Waals surface area contributed by atoms with Gasteiger partial charge in [0.1, 0.15) is 17.8 Å². The number of carboxylic acid groups (broad SMARTS) is 1. The lowest BCUT2D eigenvalue weighted by molar-refractivity contribution is 0.101. The molecule has 0 radical (unpaired) electrons. The van der Waals surface area contributed by atoms with Crippen LogP contribution < -0.4 is 10.9 Å². The number of rotatable bonds is 2. The zero-order valence-electron chi connectivity index (χ0n) is 14.4. The van der Waals surface area contributed by atoms with Crippen molar-refractivity contribution < 1.29 is 18.7 Å². The van der Waals surface area contributed by atoms with E-state index in [0.717, 1.165) is 4.90 Å². The number of fused-ring (bicyclic) bond motifs is 3. The van der Waals surface area contributed by atoms with Crippen LogP contribution in [0.5, 0.6) is 0 Å². The summed E-state index contributed by atoms with van der Waals surface area (Å²) in [5, 5.41) is 13.2. The van der Waals surface area contributed by atoms with Crippen LogP contribution in [0.25, 0.3) is 21.7 Å². The minimum absolute atomic E-state index is 0.199. The number of hydrogen-bond acceptors (Lipinski definition) is 4. The summed E-state index contributed by atoms with van der Waals surface area (Å²) in [6, 6.07) is 3.37. The predicted octanol–water partition coefficient (Wildman–Crippen LogP) is 3.32. The first-order valence-electron chi connectivity index (χ1n) is 8.54. The first-order chi connectivity index (χ1) is 13.3. The van der Waals surface area contributed by atoms with Crippen LogP contribution in [-0.2, 0) is 0 Å². The summed E-state index contributed by atoms with van der Waals surface area (Å²) in [6.07, 6.45) is -0.797. The number of carbonyl (C=O) groups is 1. The molecule has 3 heterocycles. The smallest absolute Gasteiger partial charge is 0.407 e. The molecule has 1 amide bonds. The highest BCUT2D eigenvalue weighted by atomic mass is 127. The average Bonchev–Trinajstić information content (AvgIpc) is 2.65. The molecular weight excluding hydrogens is 485 g/mol. The number of halogens is 3. The van der Waals surface area contributed by atoms with Crippen LogP contribution in [0.15, 0.2) is 29.2 Å². The number of aromatic amines is 1. The number of piperidine rings is 1. The number of hydrogen-bond donors (Lipinski definition) is 3. The Bertz CT molecular complexity index is 1150. The molecule has 10 heteroatoms. The van der Waals surface area contributed by atoms with Crippen molar-refractivity contribution >= 4 is 56.2 Å². The van der Waals surface area contributed by atoms with Gasteiger partial charge in [-0.1, -0.05) is 0 Å². The Balaban J connectivity index is 1.82. The van der Waals surface area contributed by atoms with Gasteiger partial charge in [-0.2, -0.15) is 0 Å². The Morgan fingerprint density at radius 3 is 2.89 bits per heavy atom. The standard InChI is InChI=1S/C18H15F2IN4O3/c19-8-1-2-9-10(5-8)14-15(12(21)6-22-17(14)26)24-16(9)23-13-3-4-25(18(27)28)7-11(13)20/h1-2,5-6,11,13H,3-4,7H2,(H,22,26)(H,23,24)(H,27,28)/t11-,13-/m0/s1. The Morgan fingerprint density at radius 1 is 1.39 bits per heavy atom. The second-order valence-corrected chi connectivity index (χ2v) is 7.79. The van der Waals surface area contributed by atoms with Gasteiger partial charge in [0.15, 0.2) is 0 Å². The van der Waals surface area contributed by atoms with Gasteiger partial charge in [-0.3, -0.25) is 4.79 Å². The monoisotopic (exact) mass is 500 g/mol. The van der Waals surface area contributed by atoms with Crippen LogP contribution >= 0.6 is 22.6 Å². The molecule has 4 rings (SSSR count). The number of amides is 1. The Hall–Kier alpha value is -2.50. The fourth-order valence-corrected chi connectivity index (χ4v) is 4.03. The number of anilines is 1. The van der Waals surface area contributed by atoms with E-state index in [0.29, 0.717) is 25.7 Å². The molecule has 28 heavy (non-hydrogen) atoms. The fraction of sp³-hybridized carbons (Fsp3) is 0.278. The van der Waals surface area contributed by atoms with Gasteiger partial charge in [0, 0.05) is 23.5 Å². The number of likely N-dealkylation sites (tertiary alicyclic amines) is 1. The van der Waals surface area contributed by atoms with Crippen LogP contribution in [0.3, 0.4) is 0 Å². The number of aromatic nitrogens is 2. The maximum atomic E-state index is 14.6. The first-order valence-corrected chi connectivity index (χ1v) is 9.61.